The molecule has 0 spiro atoms. The SMILES string of the molecule is OCc1cnc2cc(F)cc(F)c2c1. The highest BCUT2D eigenvalue weighted by Gasteiger charge is 2.05. The van der Waals surface area contributed by atoms with Crippen LogP contribution in [0.3, 0.4) is 0 Å². The molecule has 0 fully saturated rings. The Balaban J connectivity index is 2.75. The van der Waals surface area contributed by atoms with Gasteiger partial charge in [0.2, 0.25) is 0 Å². The molecule has 2 nitrogen and oxygen atoms in total. The molecule has 0 radical (unpaired) electrons. The summed E-state index contributed by atoms with van der Waals surface area (Å²) in [5.41, 5.74) is 0.753. The lowest BCUT2D eigenvalue weighted by molar-refractivity contribution is 0.281. The molecule has 14 heavy (non-hydrogen) atoms. The van der Waals surface area contributed by atoms with Gasteiger partial charge in [0.1, 0.15) is 11.6 Å². The molecule has 2 rings (SSSR count). The monoisotopic (exact) mass is 195 g/mol. The van der Waals surface area contributed by atoms with Gasteiger partial charge in [0.25, 0.3) is 0 Å². The Hall–Kier alpha value is -1.55. The first-order chi connectivity index (χ1) is 6.70. The zero-order valence-electron chi connectivity index (χ0n) is 7.17. The topological polar surface area (TPSA) is 33.1 Å². The van der Waals surface area contributed by atoms with E-state index in [9.17, 15) is 8.78 Å². The number of nitrogens with zero attached hydrogens (tertiary/aromatic N) is 1. The Labute approximate surface area is 78.8 Å². The number of aliphatic hydroxyl groups excluding tert-OH is 1. The quantitative estimate of drug-likeness (QED) is 0.755. The Morgan fingerprint density at radius 1 is 1.21 bits per heavy atom. The average molecular weight is 195 g/mol. The minimum atomic E-state index is -0.664. The van der Waals surface area contributed by atoms with Gasteiger partial charge in [0.05, 0.1) is 12.1 Å². The third kappa shape index (κ3) is 1.44. The first-order valence-corrected chi connectivity index (χ1v) is 4.05. The van der Waals surface area contributed by atoms with Crippen molar-refractivity contribution in [2.24, 2.45) is 0 Å². The predicted molar refractivity (Wildman–Crippen MR) is 47.6 cm³/mol. The molecule has 0 bridgehead atoms. The van der Waals surface area contributed by atoms with Gasteiger partial charge in [-0.15, -0.1) is 0 Å². The number of aromatic nitrogens is 1. The fraction of sp³-hybridized carbons (Fsp3) is 0.100. The molecule has 1 aromatic heterocycles. The maximum absolute atomic E-state index is 13.2. The van der Waals surface area contributed by atoms with Crippen molar-refractivity contribution in [3.05, 3.63) is 41.6 Å². The van der Waals surface area contributed by atoms with Crippen LogP contribution in [0.1, 0.15) is 5.56 Å². The van der Waals surface area contributed by atoms with Crippen LogP contribution in [-0.4, -0.2) is 10.1 Å². The normalized spacial score (nSPS) is 10.8. The lowest BCUT2D eigenvalue weighted by atomic mass is 10.1. The molecule has 1 heterocycles. The smallest absolute Gasteiger partial charge is 0.135 e. The van der Waals surface area contributed by atoms with E-state index >= 15 is 0 Å². The van der Waals surface area contributed by atoms with Crippen molar-refractivity contribution in [3.63, 3.8) is 0 Å². The van der Waals surface area contributed by atoms with E-state index in [1.165, 1.54) is 12.3 Å². The summed E-state index contributed by atoms with van der Waals surface area (Å²) in [7, 11) is 0. The number of pyridine rings is 1. The average Bonchev–Trinajstić information content (AvgIpc) is 2.17. The molecule has 0 aliphatic rings. The summed E-state index contributed by atoms with van der Waals surface area (Å²) in [5, 5.41) is 9.03. The Morgan fingerprint density at radius 3 is 2.71 bits per heavy atom. The molecule has 0 aliphatic heterocycles. The second-order valence-corrected chi connectivity index (χ2v) is 2.96. The van der Waals surface area contributed by atoms with Crippen LogP contribution in [0.2, 0.25) is 0 Å². The summed E-state index contributed by atoms with van der Waals surface area (Å²) >= 11 is 0. The number of hydrogen-bond donors (Lipinski definition) is 1. The predicted octanol–water partition coefficient (Wildman–Crippen LogP) is 2.01. The van der Waals surface area contributed by atoms with Crippen LogP contribution in [-0.2, 0) is 6.61 Å². The standard InChI is InChI=1S/C10H7F2NO/c11-7-2-9(12)8-1-6(5-14)4-13-10(8)3-7/h1-4,14H,5H2. The summed E-state index contributed by atoms with van der Waals surface area (Å²) in [4.78, 5) is 3.83. The first-order valence-electron chi connectivity index (χ1n) is 4.05. The van der Waals surface area contributed by atoms with Crippen LogP contribution < -0.4 is 0 Å². The maximum Gasteiger partial charge on any atom is 0.135 e. The highest BCUT2D eigenvalue weighted by molar-refractivity contribution is 5.79. The summed E-state index contributed by atoms with van der Waals surface area (Å²) < 4.78 is 26.0. The van der Waals surface area contributed by atoms with Crippen molar-refractivity contribution in [3.8, 4) is 0 Å². The summed E-state index contributed by atoms with van der Waals surface area (Å²) in [6.45, 7) is -0.209. The van der Waals surface area contributed by atoms with Crippen molar-refractivity contribution in [1.29, 1.82) is 0 Å². The third-order valence-electron chi connectivity index (χ3n) is 1.95. The van der Waals surface area contributed by atoms with E-state index < -0.39 is 11.6 Å². The molecule has 0 amide bonds. The summed E-state index contributed by atoms with van der Waals surface area (Å²) in [5.74, 6) is -1.32. The molecule has 1 N–H and O–H groups in total. The fourth-order valence-electron chi connectivity index (χ4n) is 1.28. The lowest BCUT2D eigenvalue weighted by Gasteiger charge is -2.01. The third-order valence-corrected chi connectivity index (χ3v) is 1.95. The van der Waals surface area contributed by atoms with E-state index in [4.69, 9.17) is 5.11 Å². The summed E-state index contributed by atoms with van der Waals surface area (Å²) in [6, 6.07) is 3.40. The van der Waals surface area contributed by atoms with Crippen LogP contribution in [0.4, 0.5) is 8.78 Å². The van der Waals surface area contributed by atoms with E-state index in [0.717, 1.165) is 12.1 Å². The summed E-state index contributed by atoms with van der Waals surface area (Å²) in [6.07, 6.45) is 1.39. The lowest BCUT2D eigenvalue weighted by Crippen LogP contribution is -1.90. The van der Waals surface area contributed by atoms with Gasteiger partial charge in [-0.2, -0.15) is 0 Å². The second-order valence-electron chi connectivity index (χ2n) is 2.96. The molecule has 0 aliphatic carbocycles. The fourth-order valence-corrected chi connectivity index (χ4v) is 1.28. The number of aliphatic hydroxyl groups is 1. The Morgan fingerprint density at radius 2 is 2.00 bits per heavy atom. The van der Waals surface area contributed by atoms with Gasteiger partial charge in [-0.05, 0) is 11.6 Å². The van der Waals surface area contributed by atoms with Crippen molar-refractivity contribution in [2.45, 2.75) is 6.61 Å². The zero-order valence-corrected chi connectivity index (χ0v) is 7.17. The maximum atomic E-state index is 13.2. The molecule has 0 saturated heterocycles. The van der Waals surface area contributed by atoms with Crippen molar-refractivity contribution >= 4 is 10.9 Å². The highest BCUT2D eigenvalue weighted by Crippen LogP contribution is 2.18. The van der Waals surface area contributed by atoms with Gasteiger partial charge in [0, 0.05) is 23.7 Å². The van der Waals surface area contributed by atoms with Gasteiger partial charge in [-0.3, -0.25) is 4.98 Å². The van der Waals surface area contributed by atoms with E-state index in [2.05, 4.69) is 4.98 Å². The number of benzene rings is 1. The van der Waals surface area contributed by atoms with E-state index in [1.807, 2.05) is 0 Å². The van der Waals surface area contributed by atoms with Crippen LogP contribution in [0.25, 0.3) is 10.9 Å². The number of halogens is 2. The Bertz CT molecular complexity index is 485. The van der Waals surface area contributed by atoms with Crippen LogP contribution in [0.15, 0.2) is 24.4 Å². The van der Waals surface area contributed by atoms with Gasteiger partial charge in [0.15, 0.2) is 0 Å². The van der Waals surface area contributed by atoms with Crippen LogP contribution in [0, 0.1) is 11.6 Å². The molecule has 0 atom stereocenters. The number of hydrogen-bond acceptors (Lipinski definition) is 2. The largest absolute Gasteiger partial charge is 0.392 e. The molecule has 2 aromatic rings. The molecular weight excluding hydrogens is 188 g/mol. The minimum Gasteiger partial charge on any atom is -0.392 e. The van der Waals surface area contributed by atoms with E-state index in [0.29, 0.717) is 5.56 Å². The molecule has 1 aromatic carbocycles. The zero-order chi connectivity index (χ0) is 10.1. The molecule has 0 unspecified atom stereocenters. The number of fused-ring (bicyclic) bond motifs is 1. The van der Waals surface area contributed by atoms with Gasteiger partial charge < -0.3 is 5.11 Å². The van der Waals surface area contributed by atoms with E-state index in [-0.39, 0.29) is 17.5 Å². The van der Waals surface area contributed by atoms with Crippen molar-refractivity contribution < 1.29 is 13.9 Å². The molecular formula is C10H7F2NO. The van der Waals surface area contributed by atoms with Crippen molar-refractivity contribution in [2.75, 3.05) is 0 Å². The van der Waals surface area contributed by atoms with Crippen LogP contribution >= 0.6 is 0 Å². The molecule has 72 valence electrons. The molecule has 4 heteroatoms. The van der Waals surface area contributed by atoms with Gasteiger partial charge in [-0.25, -0.2) is 8.78 Å². The first kappa shape index (κ1) is 9.02. The number of rotatable bonds is 1. The van der Waals surface area contributed by atoms with Gasteiger partial charge >= 0.3 is 0 Å². The van der Waals surface area contributed by atoms with Crippen molar-refractivity contribution in [1.82, 2.24) is 4.98 Å². The molecule has 0 saturated carbocycles. The van der Waals surface area contributed by atoms with Crippen LogP contribution in [0.5, 0.6) is 0 Å². The highest BCUT2D eigenvalue weighted by atomic mass is 19.1. The minimum absolute atomic E-state index is 0.209. The second kappa shape index (κ2) is 3.31. The van der Waals surface area contributed by atoms with Gasteiger partial charge in [-0.1, -0.05) is 0 Å². The van der Waals surface area contributed by atoms with E-state index in [1.54, 1.807) is 0 Å². The Kier molecular flexibility index (Phi) is 2.13.